The van der Waals surface area contributed by atoms with Crippen molar-refractivity contribution in [3.63, 3.8) is 0 Å². The zero-order chi connectivity index (χ0) is 16.7. The summed E-state index contributed by atoms with van der Waals surface area (Å²) in [5.41, 5.74) is 1.51. The Morgan fingerprint density at radius 3 is 2.78 bits per heavy atom. The highest BCUT2D eigenvalue weighted by Gasteiger charge is 2.42. The molecule has 0 aliphatic carbocycles. The van der Waals surface area contributed by atoms with Crippen molar-refractivity contribution >= 4 is 29.2 Å². The van der Waals surface area contributed by atoms with Crippen LogP contribution in [0.15, 0.2) is 18.2 Å². The minimum Gasteiger partial charge on any atom is -0.367 e. The number of hydrogen-bond donors (Lipinski definition) is 3. The number of fused-ring (bicyclic) bond motifs is 1. The van der Waals surface area contributed by atoms with Crippen molar-refractivity contribution in [2.75, 3.05) is 5.32 Å². The minimum absolute atomic E-state index is 0.117. The van der Waals surface area contributed by atoms with Crippen molar-refractivity contribution in [3.05, 3.63) is 29.3 Å². The monoisotopic (exact) mass is 317 g/mol. The Bertz CT molecular complexity index is 730. The van der Waals surface area contributed by atoms with E-state index in [-0.39, 0.29) is 24.8 Å². The van der Waals surface area contributed by atoms with Gasteiger partial charge in [0.25, 0.3) is 5.91 Å². The van der Waals surface area contributed by atoms with E-state index in [2.05, 4.69) is 10.6 Å². The van der Waals surface area contributed by atoms with Crippen LogP contribution in [0.4, 0.5) is 5.69 Å². The molecule has 2 unspecified atom stereocenters. The number of anilines is 1. The van der Waals surface area contributed by atoms with Crippen molar-refractivity contribution in [3.8, 4) is 0 Å². The maximum Gasteiger partial charge on any atom is 0.255 e. The summed E-state index contributed by atoms with van der Waals surface area (Å²) >= 11 is 0. The first kappa shape index (κ1) is 15.2. The fraction of sp³-hybridized carbons (Fsp3) is 0.333. The van der Waals surface area contributed by atoms with Crippen LogP contribution in [0.3, 0.4) is 0 Å². The van der Waals surface area contributed by atoms with Crippen molar-refractivity contribution in [2.24, 2.45) is 0 Å². The Morgan fingerprint density at radius 2 is 2.09 bits per heavy atom. The number of aliphatic hydroxyl groups is 1. The summed E-state index contributed by atoms with van der Waals surface area (Å²) in [6.07, 6.45) is -1.75. The first-order valence-corrected chi connectivity index (χ1v) is 7.10. The predicted octanol–water partition coefficient (Wildman–Crippen LogP) is -0.623. The summed E-state index contributed by atoms with van der Waals surface area (Å²) in [4.78, 5) is 48.7. The van der Waals surface area contributed by atoms with E-state index in [1.165, 1.54) is 11.8 Å². The van der Waals surface area contributed by atoms with Gasteiger partial charge in [-0.3, -0.25) is 19.2 Å². The van der Waals surface area contributed by atoms with Crippen LogP contribution in [0.5, 0.6) is 0 Å². The third-order valence-corrected chi connectivity index (χ3v) is 3.96. The standard InChI is InChI=1S/C15H15N3O5/c1-7(19)16-10-4-2-3-8-9(10)6-18(15(8)23)11-5-12(20)14(22)17-13(11)21/h2-4,11,14,22H,5-6H2,1H3,(H,16,19)(H,17,21). The zero-order valence-corrected chi connectivity index (χ0v) is 12.3. The van der Waals surface area contributed by atoms with Crippen molar-refractivity contribution in [1.82, 2.24) is 10.2 Å². The highest BCUT2D eigenvalue weighted by atomic mass is 16.3. The first-order valence-electron chi connectivity index (χ1n) is 7.10. The molecule has 120 valence electrons. The predicted molar refractivity (Wildman–Crippen MR) is 78.2 cm³/mol. The molecular formula is C15H15N3O5. The van der Waals surface area contributed by atoms with Gasteiger partial charge in [-0.05, 0) is 12.1 Å². The van der Waals surface area contributed by atoms with E-state index in [9.17, 15) is 24.3 Å². The Labute approximate surface area is 131 Å². The van der Waals surface area contributed by atoms with Gasteiger partial charge in [0.05, 0.1) is 0 Å². The van der Waals surface area contributed by atoms with Gasteiger partial charge >= 0.3 is 0 Å². The highest BCUT2D eigenvalue weighted by Crippen LogP contribution is 2.32. The SMILES string of the molecule is CC(=O)Nc1cccc2c1CN(C1CC(=O)C(O)NC1=O)C2=O. The number of piperidine rings is 1. The molecule has 3 N–H and O–H groups in total. The third-order valence-electron chi connectivity index (χ3n) is 3.96. The van der Waals surface area contributed by atoms with E-state index in [1.807, 2.05) is 0 Å². The molecule has 2 heterocycles. The van der Waals surface area contributed by atoms with Crippen molar-refractivity contribution in [2.45, 2.75) is 32.2 Å². The second kappa shape index (κ2) is 5.47. The number of carbonyl (C=O) groups is 4. The number of Topliss-reactive ketones (excluding diaryl/α,β-unsaturated/α-hetero) is 1. The fourth-order valence-electron chi connectivity index (χ4n) is 2.87. The number of aliphatic hydroxyl groups excluding tert-OH is 1. The molecule has 0 aromatic heterocycles. The molecule has 2 atom stereocenters. The van der Waals surface area contributed by atoms with E-state index in [1.54, 1.807) is 18.2 Å². The lowest BCUT2D eigenvalue weighted by atomic mass is 10.0. The number of benzene rings is 1. The van der Waals surface area contributed by atoms with E-state index in [0.29, 0.717) is 16.8 Å². The van der Waals surface area contributed by atoms with Gasteiger partial charge in [0.15, 0.2) is 12.0 Å². The number of amides is 3. The number of nitrogens with one attached hydrogen (secondary N) is 2. The molecular weight excluding hydrogens is 302 g/mol. The molecule has 23 heavy (non-hydrogen) atoms. The molecule has 8 nitrogen and oxygen atoms in total. The second-order valence-electron chi connectivity index (χ2n) is 5.54. The molecule has 8 heteroatoms. The van der Waals surface area contributed by atoms with Gasteiger partial charge in [0, 0.05) is 36.7 Å². The topological polar surface area (TPSA) is 116 Å². The van der Waals surface area contributed by atoms with Gasteiger partial charge in [0.1, 0.15) is 6.04 Å². The summed E-state index contributed by atoms with van der Waals surface area (Å²) in [5, 5.41) is 14.2. The fourth-order valence-corrected chi connectivity index (χ4v) is 2.87. The molecule has 3 rings (SSSR count). The average Bonchev–Trinajstić information content (AvgIpc) is 2.81. The lowest BCUT2D eigenvalue weighted by Gasteiger charge is -2.31. The summed E-state index contributed by atoms with van der Waals surface area (Å²) in [6.45, 7) is 1.48. The zero-order valence-electron chi connectivity index (χ0n) is 12.3. The van der Waals surface area contributed by atoms with Crippen LogP contribution in [0.2, 0.25) is 0 Å². The molecule has 1 aromatic rings. The molecule has 0 spiro atoms. The normalized spacial score (nSPS) is 23.6. The van der Waals surface area contributed by atoms with Gasteiger partial charge in [0.2, 0.25) is 11.8 Å². The van der Waals surface area contributed by atoms with Gasteiger partial charge in [-0.1, -0.05) is 6.07 Å². The molecule has 1 fully saturated rings. The molecule has 0 radical (unpaired) electrons. The summed E-state index contributed by atoms with van der Waals surface area (Å²) in [6, 6.07) is 3.96. The number of rotatable bonds is 2. The Kier molecular flexibility index (Phi) is 3.61. The van der Waals surface area contributed by atoms with Crippen LogP contribution in [-0.4, -0.2) is 45.8 Å². The molecule has 2 aliphatic heterocycles. The van der Waals surface area contributed by atoms with Crippen molar-refractivity contribution < 1.29 is 24.3 Å². The lowest BCUT2D eigenvalue weighted by Crippen LogP contribution is -2.58. The quantitative estimate of drug-likeness (QED) is 0.672. The molecule has 1 saturated heterocycles. The highest BCUT2D eigenvalue weighted by molar-refractivity contribution is 6.06. The number of nitrogens with zero attached hydrogens (tertiary/aromatic N) is 1. The van der Waals surface area contributed by atoms with E-state index in [4.69, 9.17) is 0 Å². The van der Waals surface area contributed by atoms with E-state index < -0.39 is 24.0 Å². The molecule has 0 bridgehead atoms. The summed E-state index contributed by atoms with van der Waals surface area (Å²) in [5.74, 6) is -1.76. The van der Waals surface area contributed by atoms with Crippen LogP contribution >= 0.6 is 0 Å². The number of carbonyl (C=O) groups excluding carboxylic acids is 4. The summed E-state index contributed by atoms with van der Waals surface area (Å²) in [7, 11) is 0. The van der Waals surface area contributed by atoms with Crippen LogP contribution in [0.1, 0.15) is 29.3 Å². The molecule has 2 aliphatic rings. The van der Waals surface area contributed by atoms with Gasteiger partial charge < -0.3 is 20.6 Å². The van der Waals surface area contributed by atoms with Gasteiger partial charge in [-0.15, -0.1) is 0 Å². The smallest absolute Gasteiger partial charge is 0.255 e. The molecule has 1 aromatic carbocycles. The number of ketones is 1. The third kappa shape index (κ3) is 2.57. The first-order chi connectivity index (χ1) is 10.9. The lowest BCUT2D eigenvalue weighted by molar-refractivity contribution is -0.145. The van der Waals surface area contributed by atoms with E-state index >= 15 is 0 Å². The maximum absolute atomic E-state index is 12.5. The van der Waals surface area contributed by atoms with E-state index in [0.717, 1.165) is 0 Å². The average molecular weight is 317 g/mol. The molecule has 3 amide bonds. The Morgan fingerprint density at radius 1 is 1.35 bits per heavy atom. The van der Waals surface area contributed by atoms with Crippen LogP contribution in [0, 0.1) is 0 Å². The van der Waals surface area contributed by atoms with Crippen molar-refractivity contribution in [1.29, 1.82) is 0 Å². The van der Waals surface area contributed by atoms with Gasteiger partial charge in [-0.25, -0.2) is 0 Å². The largest absolute Gasteiger partial charge is 0.367 e. The minimum atomic E-state index is -1.52. The second-order valence-corrected chi connectivity index (χ2v) is 5.54. The van der Waals surface area contributed by atoms with Crippen LogP contribution in [-0.2, 0) is 20.9 Å². The maximum atomic E-state index is 12.5. The number of hydrogen-bond acceptors (Lipinski definition) is 5. The van der Waals surface area contributed by atoms with Crippen LogP contribution in [0.25, 0.3) is 0 Å². The summed E-state index contributed by atoms with van der Waals surface area (Å²) < 4.78 is 0. The Balaban J connectivity index is 1.90. The molecule has 0 saturated carbocycles. The van der Waals surface area contributed by atoms with Gasteiger partial charge in [-0.2, -0.15) is 0 Å². The Hall–Kier alpha value is -2.74. The van der Waals surface area contributed by atoms with Crippen LogP contribution < -0.4 is 10.6 Å².